The average molecular weight is 382 g/mol. The van der Waals surface area contributed by atoms with Gasteiger partial charge in [-0.3, -0.25) is 4.79 Å². The second-order valence-corrected chi connectivity index (χ2v) is 8.79. The predicted octanol–water partition coefficient (Wildman–Crippen LogP) is 3.81. The zero-order valence-corrected chi connectivity index (χ0v) is 16.1. The molecular weight excluding hydrogens is 360 g/mol. The van der Waals surface area contributed by atoms with Crippen molar-refractivity contribution in [3.63, 3.8) is 0 Å². The van der Waals surface area contributed by atoms with E-state index in [1.165, 1.54) is 17.7 Å². The molecular formula is C21H22N2O3S. The topological polar surface area (TPSA) is 56.2 Å². The highest BCUT2D eigenvalue weighted by Crippen LogP contribution is 2.39. The van der Waals surface area contributed by atoms with Crippen LogP contribution >= 0.6 is 11.8 Å². The van der Waals surface area contributed by atoms with Crippen molar-refractivity contribution in [2.24, 2.45) is 13.0 Å². The molecule has 5 rings (SSSR count). The molecule has 0 radical (unpaired) electrons. The van der Waals surface area contributed by atoms with Crippen molar-refractivity contribution >= 4 is 22.7 Å². The number of aromatic nitrogens is 2. The molecule has 3 heterocycles. The van der Waals surface area contributed by atoms with Gasteiger partial charge in [0.05, 0.1) is 25.1 Å². The molecule has 2 fully saturated rings. The van der Waals surface area contributed by atoms with E-state index in [0.717, 1.165) is 42.1 Å². The van der Waals surface area contributed by atoms with E-state index in [1.54, 1.807) is 11.6 Å². The van der Waals surface area contributed by atoms with Gasteiger partial charge in [0.2, 0.25) is 0 Å². The third-order valence-electron chi connectivity index (χ3n) is 5.22. The minimum Gasteiger partial charge on any atom is -0.493 e. The first-order chi connectivity index (χ1) is 13.2. The Labute approximate surface area is 161 Å². The fraction of sp³-hybridized carbons (Fsp3) is 0.381. The van der Waals surface area contributed by atoms with Crippen LogP contribution in [0.2, 0.25) is 0 Å². The van der Waals surface area contributed by atoms with Crippen LogP contribution in [0.25, 0.3) is 22.0 Å². The van der Waals surface area contributed by atoms with Gasteiger partial charge in [-0.15, -0.1) is 11.8 Å². The molecule has 0 bridgehead atoms. The van der Waals surface area contributed by atoms with Crippen LogP contribution in [0.1, 0.15) is 12.8 Å². The normalized spacial score (nSPS) is 17.2. The third-order valence-corrected chi connectivity index (χ3v) is 6.35. The zero-order valence-electron chi connectivity index (χ0n) is 15.2. The van der Waals surface area contributed by atoms with Crippen molar-refractivity contribution < 1.29 is 9.47 Å². The first kappa shape index (κ1) is 17.0. The van der Waals surface area contributed by atoms with Crippen LogP contribution in [0.15, 0.2) is 46.3 Å². The highest BCUT2D eigenvalue weighted by molar-refractivity contribution is 8.00. The molecule has 1 saturated carbocycles. The summed E-state index contributed by atoms with van der Waals surface area (Å²) in [6, 6.07) is 8.36. The van der Waals surface area contributed by atoms with Gasteiger partial charge >= 0.3 is 0 Å². The number of hydrogen-bond donors (Lipinski definition) is 1. The Morgan fingerprint density at radius 1 is 1.26 bits per heavy atom. The van der Waals surface area contributed by atoms with E-state index in [-0.39, 0.29) is 5.56 Å². The molecule has 2 aliphatic rings. The number of nitrogens with one attached hydrogen (secondary N) is 1. The Morgan fingerprint density at radius 3 is 2.85 bits per heavy atom. The zero-order chi connectivity index (χ0) is 18.4. The van der Waals surface area contributed by atoms with Crippen LogP contribution in [-0.2, 0) is 11.8 Å². The summed E-state index contributed by atoms with van der Waals surface area (Å²) in [5.41, 5.74) is 2.68. The lowest BCUT2D eigenvalue weighted by atomic mass is 10.0. The van der Waals surface area contributed by atoms with E-state index in [9.17, 15) is 4.79 Å². The van der Waals surface area contributed by atoms with Gasteiger partial charge in [0, 0.05) is 40.8 Å². The fourth-order valence-electron chi connectivity index (χ4n) is 3.37. The standard InChI is InChI=1S/C21H22N2O3S/c1-23-9-18(16-6-7-22-20(16)21(23)24)17-8-14(27-15-11-25-12-15)4-5-19(17)26-10-13-2-3-13/h4-9,13,15,22H,2-3,10-12H2,1H3. The quantitative estimate of drug-likeness (QED) is 0.704. The number of fused-ring (bicyclic) bond motifs is 1. The van der Waals surface area contributed by atoms with Crippen molar-refractivity contribution in [1.82, 2.24) is 9.55 Å². The minimum atomic E-state index is -0.0173. The van der Waals surface area contributed by atoms with E-state index in [4.69, 9.17) is 9.47 Å². The van der Waals surface area contributed by atoms with Crippen LogP contribution in [0.5, 0.6) is 5.75 Å². The summed E-state index contributed by atoms with van der Waals surface area (Å²) in [7, 11) is 1.79. The molecule has 3 aromatic rings. The molecule has 1 saturated heterocycles. The maximum atomic E-state index is 12.4. The fourth-order valence-corrected chi connectivity index (χ4v) is 4.42. The predicted molar refractivity (Wildman–Crippen MR) is 108 cm³/mol. The van der Waals surface area contributed by atoms with E-state index in [2.05, 4.69) is 23.2 Å². The number of aromatic amines is 1. The minimum absolute atomic E-state index is 0.0173. The Bertz CT molecular complexity index is 1050. The number of aryl methyl sites for hydroxylation is 1. The Morgan fingerprint density at radius 2 is 2.11 bits per heavy atom. The van der Waals surface area contributed by atoms with E-state index >= 15 is 0 Å². The Balaban J connectivity index is 1.61. The van der Waals surface area contributed by atoms with Crippen molar-refractivity contribution in [2.45, 2.75) is 23.0 Å². The van der Waals surface area contributed by atoms with Crippen LogP contribution in [0, 0.1) is 5.92 Å². The first-order valence-corrected chi connectivity index (χ1v) is 10.3. The summed E-state index contributed by atoms with van der Waals surface area (Å²) in [4.78, 5) is 16.7. The number of rotatable bonds is 6. The second kappa shape index (κ2) is 6.77. The average Bonchev–Trinajstić information content (AvgIpc) is 3.34. The number of hydrogen-bond acceptors (Lipinski definition) is 4. The molecule has 5 nitrogen and oxygen atoms in total. The van der Waals surface area contributed by atoms with Gasteiger partial charge in [0.25, 0.3) is 5.56 Å². The van der Waals surface area contributed by atoms with Gasteiger partial charge in [-0.25, -0.2) is 0 Å². The SMILES string of the molecule is Cn1cc(-c2cc(SC3COC3)ccc2OCC2CC2)c2cc[nH]c2c1=O. The molecule has 0 amide bonds. The first-order valence-electron chi connectivity index (χ1n) is 9.37. The van der Waals surface area contributed by atoms with Gasteiger partial charge in [0.15, 0.2) is 0 Å². The molecule has 0 atom stereocenters. The summed E-state index contributed by atoms with van der Waals surface area (Å²) in [6.45, 7) is 2.38. The molecule has 1 aromatic carbocycles. The van der Waals surface area contributed by atoms with Gasteiger partial charge in [-0.2, -0.15) is 0 Å². The Kier molecular flexibility index (Phi) is 4.25. The van der Waals surface area contributed by atoms with Crippen molar-refractivity contribution in [1.29, 1.82) is 0 Å². The Hall–Kier alpha value is -2.18. The number of nitrogens with zero attached hydrogens (tertiary/aromatic N) is 1. The number of pyridine rings is 1. The van der Waals surface area contributed by atoms with Crippen molar-refractivity contribution in [3.8, 4) is 16.9 Å². The van der Waals surface area contributed by atoms with E-state index in [1.807, 2.05) is 30.2 Å². The molecule has 1 aliphatic heterocycles. The van der Waals surface area contributed by atoms with Crippen molar-refractivity contribution in [3.05, 3.63) is 47.0 Å². The largest absolute Gasteiger partial charge is 0.493 e. The van der Waals surface area contributed by atoms with Gasteiger partial charge < -0.3 is 19.0 Å². The van der Waals surface area contributed by atoms with Crippen LogP contribution in [-0.4, -0.2) is 34.6 Å². The summed E-state index contributed by atoms with van der Waals surface area (Å²) < 4.78 is 13.1. The highest BCUT2D eigenvalue weighted by Gasteiger charge is 2.24. The van der Waals surface area contributed by atoms with Crippen LogP contribution < -0.4 is 10.3 Å². The summed E-state index contributed by atoms with van der Waals surface area (Å²) in [5.74, 6) is 1.57. The molecule has 27 heavy (non-hydrogen) atoms. The number of thioether (sulfide) groups is 1. The van der Waals surface area contributed by atoms with E-state index in [0.29, 0.717) is 16.7 Å². The number of H-pyrrole nitrogens is 1. The highest BCUT2D eigenvalue weighted by atomic mass is 32.2. The maximum Gasteiger partial charge on any atom is 0.274 e. The summed E-state index contributed by atoms with van der Waals surface area (Å²) >= 11 is 1.84. The summed E-state index contributed by atoms with van der Waals surface area (Å²) in [6.07, 6.45) is 6.25. The molecule has 6 heteroatoms. The second-order valence-electron chi connectivity index (χ2n) is 7.41. The lowest BCUT2D eigenvalue weighted by molar-refractivity contribution is 0.0455. The monoisotopic (exact) mass is 382 g/mol. The van der Waals surface area contributed by atoms with E-state index < -0.39 is 0 Å². The summed E-state index contributed by atoms with van der Waals surface area (Å²) in [5, 5.41) is 1.45. The molecule has 1 aliphatic carbocycles. The van der Waals surface area contributed by atoms with Gasteiger partial charge in [-0.05, 0) is 43.0 Å². The van der Waals surface area contributed by atoms with Crippen LogP contribution in [0.4, 0.5) is 0 Å². The van der Waals surface area contributed by atoms with Crippen molar-refractivity contribution in [2.75, 3.05) is 19.8 Å². The smallest absolute Gasteiger partial charge is 0.274 e. The maximum absolute atomic E-state index is 12.4. The number of benzene rings is 1. The van der Waals surface area contributed by atoms with Crippen LogP contribution in [0.3, 0.4) is 0 Å². The molecule has 2 aromatic heterocycles. The lowest BCUT2D eigenvalue weighted by Crippen LogP contribution is -2.29. The van der Waals surface area contributed by atoms with Gasteiger partial charge in [-0.1, -0.05) is 0 Å². The molecule has 1 N–H and O–H groups in total. The van der Waals surface area contributed by atoms with Gasteiger partial charge in [0.1, 0.15) is 11.3 Å². The third kappa shape index (κ3) is 3.28. The molecule has 0 spiro atoms. The molecule has 140 valence electrons. The molecule has 0 unspecified atom stereocenters. The lowest BCUT2D eigenvalue weighted by Gasteiger charge is -2.25. The number of ether oxygens (including phenoxy) is 2.